The third kappa shape index (κ3) is 4.75. The lowest BCUT2D eigenvalue weighted by molar-refractivity contribution is 0.102. The average molecular weight is 417 g/mol. The van der Waals surface area contributed by atoms with Crippen molar-refractivity contribution in [2.24, 2.45) is 0 Å². The zero-order valence-electron chi connectivity index (χ0n) is 15.7. The SMILES string of the molecule is COc1cc(F)ccc1Oc1cc(C)ccc1C(=O)Nc1ccn(CCl)c(=O)c1. The minimum atomic E-state index is -0.469. The highest BCUT2D eigenvalue weighted by atomic mass is 35.5. The Balaban J connectivity index is 1.91. The summed E-state index contributed by atoms with van der Waals surface area (Å²) < 4.78 is 25.7. The Morgan fingerprint density at radius 2 is 1.90 bits per heavy atom. The molecule has 0 saturated heterocycles. The van der Waals surface area contributed by atoms with Crippen LogP contribution in [0.4, 0.5) is 10.1 Å². The molecule has 0 aliphatic heterocycles. The molecule has 3 aromatic rings. The number of aryl methyl sites for hydroxylation is 1. The first-order valence-corrected chi connectivity index (χ1v) is 9.14. The molecule has 0 atom stereocenters. The number of pyridine rings is 1. The summed E-state index contributed by atoms with van der Waals surface area (Å²) in [7, 11) is 1.40. The quantitative estimate of drug-likeness (QED) is 0.599. The van der Waals surface area contributed by atoms with Gasteiger partial charge in [0.25, 0.3) is 11.5 Å². The maximum Gasteiger partial charge on any atom is 0.259 e. The Labute approximate surface area is 171 Å². The summed E-state index contributed by atoms with van der Waals surface area (Å²) in [4.78, 5) is 24.7. The largest absolute Gasteiger partial charge is 0.493 e. The summed E-state index contributed by atoms with van der Waals surface area (Å²) in [5, 5.41) is 2.67. The molecular formula is C21H18ClFN2O4. The second-order valence-electron chi connectivity index (χ2n) is 6.19. The number of benzene rings is 2. The molecule has 150 valence electrons. The van der Waals surface area contributed by atoms with Crippen LogP contribution in [0.2, 0.25) is 0 Å². The van der Waals surface area contributed by atoms with Gasteiger partial charge in [0.2, 0.25) is 0 Å². The van der Waals surface area contributed by atoms with E-state index in [9.17, 15) is 14.0 Å². The van der Waals surface area contributed by atoms with Gasteiger partial charge in [-0.1, -0.05) is 6.07 Å². The molecule has 1 amide bonds. The van der Waals surface area contributed by atoms with E-state index < -0.39 is 11.7 Å². The fraction of sp³-hybridized carbons (Fsp3) is 0.143. The molecule has 29 heavy (non-hydrogen) atoms. The number of rotatable bonds is 6. The maximum absolute atomic E-state index is 13.4. The first kappa shape index (κ1) is 20.4. The molecule has 0 radical (unpaired) electrons. The van der Waals surface area contributed by atoms with E-state index in [1.807, 2.05) is 6.92 Å². The molecule has 0 bridgehead atoms. The smallest absolute Gasteiger partial charge is 0.259 e. The first-order chi connectivity index (χ1) is 13.9. The highest BCUT2D eigenvalue weighted by molar-refractivity contribution is 6.15. The van der Waals surface area contributed by atoms with Crippen molar-refractivity contribution in [2.75, 3.05) is 12.4 Å². The van der Waals surface area contributed by atoms with E-state index in [0.717, 1.165) is 5.56 Å². The monoisotopic (exact) mass is 416 g/mol. The van der Waals surface area contributed by atoms with Crippen LogP contribution in [0.1, 0.15) is 15.9 Å². The van der Waals surface area contributed by atoms with Crippen molar-refractivity contribution in [3.8, 4) is 17.2 Å². The lowest BCUT2D eigenvalue weighted by atomic mass is 10.1. The van der Waals surface area contributed by atoms with E-state index in [1.54, 1.807) is 24.3 Å². The van der Waals surface area contributed by atoms with Crippen LogP contribution in [0.5, 0.6) is 17.2 Å². The second kappa shape index (κ2) is 8.79. The minimum Gasteiger partial charge on any atom is -0.493 e. The molecular weight excluding hydrogens is 399 g/mol. The molecule has 0 aliphatic carbocycles. The van der Waals surface area contributed by atoms with Gasteiger partial charge in [-0.15, -0.1) is 11.6 Å². The van der Waals surface area contributed by atoms with Gasteiger partial charge in [-0.3, -0.25) is 9.59 Å². The molecule has 0 saturated carbocycles. The summed E-state index contributed by atoms with van der Waals surface area (Å²) in [5.41, 5.74) is 1.09. The predicted molar refractivity (Wildman–Crippen MR) is 109 cm³/mol. The van der Waals surface area contributed by atoms with Crippen LogP contribution in [-0.4, -0.2) is 17.6 Å². The molecule has 0 aliphatic rings. The normalized spacial score (nSPS) is 10.5. The molecule has 1 aromatic heterocycles. The van der Waals surface area contributed by atoms with Gasteiger partial charge in [-0.25, -0.2) is 4.39 Å². The number of carbonyl (C=O) groups excluding carboxylic acids is 1. The number of carbonyl (C=O) groups is 1. The van der Waals surface area contributed by atoms with Gasteiger partial charge in [0, 0.05) is 24.0 Å². The molecule has 0 spiro atoms. The van der Waals surface area contributed by atoms with Crippen molar-refractivity contribution >= 4 is 23.2 Å². The van der Waals surface area contributed by atoms with Crippen LogP contribution in [0.25, 0.3) is 0 Å². The van der Waals surface area contributed by atoms with Crippen LogP contribution in [0.15, 0.2) is 59.5 Å². The molecule has 1 N–H and O–H groups in total. The third-order valence-electron chi connectivity index (χ3n) is 4.11. The number of nitrogens with zero attached hydrogens (tertiary/aromatic N) is 1. The van der Waals surface area contributed by atoms with Gasteiger partial charge in [0.05, 0.1) is 12.7 Å². The van der Waals surface area contributed by atoms with E-state index >= 15 is 0 Å². The van der Waals surface area contributed by atoms with E-state index in [0.29, 0.717) is 5.69 Å². The van der Waals surface area contributed by atoms with Crippen LogP contribution in [0, 0.1) is 12.7 Å². The Hall–Kier alpha value is -3.32. The average Bonchev–Trinajstić information content (AvgIpc) is 2.69. The number of hydrogen-bond acceptors (Lipinski definition) is 4. The molecule has 1 heterocycles. The molecule has 2 aromatic carbocycles. The van der Waals surface area contributed by atoms with Crippen LogP contribution >= 0.6 is 11.6 Å². The van der Waals surface area contributed by atoms with Crippen molar-refractivity contribution in [3.63, 3.8) is 0 Å². The Morgan fingerprint density at radius 3 is 2.59 bits per heavy atom. The first-order valence-electron chi connectivity index (χ1n) is 8.61. The van der Waals surface area contributed by atoms with Gasteiger partial charge in [0.1, 0.15) is 17.6 Å². The van der Waals surface area contributed by atoms with E-state index in [2.05, 4.69) is 5.32 Å². The highest BCUT2D eigenvalue weighted by Gasteiger charge is 2.16. The number of nitrogens with one attached hydrogen (secondary N) is 1. The van der Waals surface area contributed by atoms with E-state index in [1.165, 1.54) is 42.1 Å². The van der Waals surface area contributed by atoms with Crippen LogP contribution in [0.3, 0.4) is 0 Å². The summed E-state index contributed by atoms with van der Waals surface area (Å²) >= 11 is 5.66. The number of alkyl halides is 1. The van der Waals surface area contributed by atoms with Gasteiger partial charge in [-0.05, 0) is 42.8 Å². The number of ether oxygens (including phenoxy) is 2. The zero-order valence-corrected chi connectivity index (χ0v) is 16.5. The standard InChI is InChI=1S/C21H18ClFN2O4/c1-13-3-5-16(21(27)24-15-7-8-25(12-22)20(26)11-15)18(9-13)29-17-6-4-14(23)10-19(17)28-2/h3-11H,12H2,1-2H3,(H,24,27). The van der Waals surface area contributed by atoms with Gasteiger partial charge in [-0.2, -0.15) is 0 Å². The third-order valence-corrected chi connectivity index (χ3v) is 4.37. The predicted octanol–water partition coefficient (Wildman–Crippen LogP) is 4.55. The van der Waals surface area contributed by atoms with Gasteiger partial charge in [0.15, 0.2) is 11.5 Å². The fourth-order valence-corrected chi connectivity index (χ4v) is 2.83. The summed E-state index contributed by atoms with van der Waals surface area (Å²) in [6, 6.07) is 11.8. The van der Waals surface area contributed by atoms with Crippen molar-refractivity contribution in [1.82, 2.24) is 4.57 Å². The summed E-state index contributed by atoms with van der Waals surface area (Å²) in [6.45, 7) is 1.85. The number of aromatic nitrogens is 1. The van der Waals surface area contributed by atoms with Crippen molar-refractivity contribution in [1.29, 1.82) is 0 Å². The minimum absolute atomic E-state index is 0.0164. The maximum atomic E-state index is 13.4. The fourth-order valence-electron chi connectivity index (χ4n) is 2.63. The Kier molecular flexibility index (Phi) is 6.19. The van der Waals surface area contributed by atoms with Crippen molar-refractivity contribution in [3.05, 3.63) is 82.0 Å². The lowest BCUT2D eigenvalue weighted by Gasteiger charge is -2.14. The topological polar surface area (TPSA) is 69.6 Å². The van der Waals surface area contributed by atoms with E-state index in [-0.39, 0.29) is 34.4 Å². The van der Waals surface area contributed by atoms with Crippen molar-refractivity contribution < 1.29 is 18.7 Å². The molecule has 3 rings (SSSR count). The van der Waals surface area contributed by atoms with Crippen LogP contribution in [-0.2, 0) is 6.00 Å². The number of halogens is 2. The number of hydrogen-bond donors (Lipinski definition) is 1. The Bertz CT molecular complexity index is 1110. The van der Waals surface area contributed by atoms with Crippen LogP contribution < -0.4 is 20.3 Å². The molecule has 0 fully saturated rings. The zero-order chi connectivity index (χ0) is 21.0. The molecule has 8 heteroatoms. The van der Waals surface area contributed by atoms with Gasteiger partial charge < -0.3 is 19.4 Å². The summed E-state index contributed by atoms with van der Waals surface area (Å²) in [6.07, 6.45) is 1.49. The lowest BCUT2D eigenvalue weighted by Crippen LogP contribution is -2.19. The van der Waals surface area contributed by atoms with Gasteiger partial charge >= 0.3 is 0 Å². The molecule has 0 unspecified atom stereocenters. The Morgan fingerprint density at radius 1 is 1.10 bits per heavy atom. The number of anilines is 1. The summed E-state index contributed by atoms with van der Waals surface area (Å²) in [5.74, 6) is -0.213. The number of methoxy groups -OCH3 is 1. The second-order valence-corrected chi connectivity index (χ2v) is 6.43. The van der Waals surface area contributed by atoms with Crippen molar-refractivity contribution in [2.45, 2.75) is 12.9 Å². The molecule has 6 nitrogen and oxygen atoms in total. The van der Waals surface area contributed by atoms with E-state index in [4.69, 9.17) is 21.1 Å². The highest BCUT2D eigenvalue weighted by Crippen LogP contribution is 2.34. The number of amides is 1.